The SMILES string of the molecule is NCc1ccc(-c2cc(NC[C@@H]3CCNC3)nn2-c2ccccc2)cc1. The molecule has 0 radical (unpaired) electrons. The molecule has 4 rings (SSSR count). The lowest BCUT2D eigenvalue weighted by atomic mass is 10.1. The molecule has 3 aromatic rings. The lowest BCUT2D eigenvalue weighted by molar-refractivity contribution is 0.613. The summed E-state index contributed by atoms with van der Waals surface area (Å²) in [5, 5.41) is 11.8. The minimum Gasteiger partial charge on any atom is -0.368 e. The van der Waals surface area contributed by atoms with Crippen LogP contribution < -0.4 is 16.4 Å². The lowest BCUT2D eigenvalue weighted by Gasteiger charge is -2.09. The molecule has 1 aromatic heterocycles. The van der Waals surface area contributed by atoms with Crippen molar-refractivity contribution in [1.82, 2.24) is 15.1 Å². The second-order valence-corrected chi connectivity index (χ2v) is 6.80. The number of nitrogens with zero attached hydrogens (tertiary/aromatic N) is 2. The predicted molar refractivity (Wildman–Crippen MR) is 106 cm³/mol. The molecule has 134 valence electrons. The second-order valence-electron chi connectivity index (χ2n) is 6.80. The Kier molecular flexibility index (Phi) is 5.00. The van der Waals surface area contributed by atoms with Crippen LogP contribution in [0.25, 0.3) is 16.9 Å². The first-order valence-corrected chi connectivity index (χ1v) is 9.23. The quantitative estimate of drug-likeness (QED) is 0.641. The van der Waals surface area contributed by atoms with E-state index in [9.17, 15) is 0 Å². The van der Waals surface area contributed by atoms with Gasteiger partial charge in [0.1, 0.15) is 5.82 Å². The Bertz CT molecular complexity index is 833. The molecule has 1 aliphatic rings. The lowest BCUT2D eigenvalue weighted by Crippen LogP contribution is -2.17. The van der Waals surface area contributed by atoms with Crippen LogP contribution in [0.15, 0.2) is 60.7 Å². The fourth-order valence-electron chi connectivity index (χ4n) is 3.39. The van der Waals surface area contributed by atoms with Gasteiger partial charge in [0.25, 0.3) is 0 Å². The molecule has 1 fully saturated rings. The number of para-hydroxylation sites is 1. The Labute approximate surface area is 154 Å². The topological polar surface area (TPSA) is 67.9 Å². The third kappa shape index (κ3) is 3.64. The van der Waals surface area contributed by atoms with Crippen molar-refractivity contribution in [2.75, 3.05) is 25.0 Å². The number of hydrogen-bond acceptors (Lipinski definition) is 4. The summed E-state index contributed by atoms with van der Waals surface area (Å²) in [5.74, 6) is 1.59. The molecule has 0 aliphatic carbocycles. The van der Waals surface area contributed by atoms with Crippen molar-refractivity contribution in [1.29, 1.82) is 0 Å². The van der Waals surface area contributed by atoms with E-state index >= 15 is 0 Å². The van der Waals surface area contributed by atoms with Gasteiger partial charge in [0.2, 0.25) is 0 Å². The van der Waals surface area contributed by atoms with Gasteiger partial charge in [-0.15, -0.1) is 5.10 Å². The normalized spacial score (nSPS) is 16.7. The average molecular weight is 347 g/mol. The van der Waals surface area contributed by atoms with Crippen LogP contribution in [0, 0.1) is 5.92 Å². The average Bonchev–Trinajstić information content (AvgIpc) is 3.37. The number of anilines is 1. The first kappa shape index (κ1) is 16.8. The maximum atomic E-state index is 5.73. The molecule has 26 heavy (non-hydrogen) atoms. The Morgan fingerprint density at radius 1 is 1.12 bits per heavy atom. The summed E-state index contributed by atoms with van der Waals surface area (Å²) < 4.78 is 2.01. The Morgan fingerprint density at radius 2 is 1.92 bits per heavy atom. The largest absolute Gasteiger partial charge is 0.368 e. The second kappa shape index (κ2) is 7.72. The monoisotopic (exact) mass is 347 g/mol. The van der Waals surface area contributed by atoms with Crippen molar-refractivity contribution < 1.29 is 0 Å². The maximum Gasteiger partial charge on any atom is 0.149 e. The van der Waals surface area contributed by atoms with Gasteiger partial charge < -0.3 is 16.4 Å². The van der Waals surface area contributed by atoms with Gasteiger partial charge >= 0.3 is 0 Å². The first-order chi connectivity index (χ1) is 12.8. The van der Waals surface area contributed by atoms with E-state index in [1.807, 2.05) is 22.9 Å². The van der Waals surface area contributed by atoms with E-state index in [0.29, 0.717) is 12.5 Å². The summed E-state index contributed by atoms with van der Waals surface area (Å²) in [6, 6.07) is 20.8. The smallest absolute Gasteiger partial charge is 0.149 e. The van der Waals surface area contributed by atoms with Crippen LogP contribution in [0.4, 0.5) is 5.82 Å². The highest BCUT2D eigenvalue weighted by Gasteiger charge is 2.16. The van der Waals surface area contributed by atoms with Crippen LogP contribution in [0.3, 0.4) is 0 Å². The molecule has 0 unspecified atom stereocenters. The van der Waals surface area contributed by atoms with Crippen LogP contribution in [0.1, 0.15) is 12.0 Å². The minimum absolute atomic E-state index is 0.556. The van der Waals surface area contributed by atoms with E-state index in [0.717, 1.165) is 48.0 Å². The van der Waals surface area contributed by atoms with Crippen molar-refractivity contribution in [3.05, 3.63) is 66.2 Å². The van der Waals surface area contributed by atoms with Gasteiger partial charge in [-0.25, -0.2) is 4.68 Å². The van der Waals surface area contributed by atoms with Crippen molar-refractivity contribution >= 4 is 5.82 Å². The van der Waals surface area contributed by atoms with Gasteiger partial charge in [-0.1, -0.05) is 42.5 Å². The summed E-state index contributed by atoms with van der Waals surface area (Å²) in [6.07, 6.45) is 1.22. The molecular weight excluding hydrogens is 322 g/mol. The van der Waals surface area contributed by atoms with E-state index in [1.54, 1.807) is 0 Å². The molecule has 0 bridgehead atoms. The number of nitrogens with one attached hydrogen (secondary N) is 2. The zero-order chi connectivity index (χ0) is 17.8. The predicted octanol–water partition coefficient (Wildman–Crippen LogP) is 3.02. The Hall–Kier alpha value is -2.63. The van der Waals surface area contributed by atoms with E-state index in [4.69, 9.17) is 10.8 Å². The zero-order valence-electron chi connectivity index (χ0n) is 14.9. The fraction of sp³-hybridized carbons (Fsp3) is 0.286. The van der Waals surface area contributed by atoms with Crippen LogP contribution in [-0.4, -0.2) is 29.4 Å². The number of nitrogens with two attached hydrogens (primary N) is 1. The van der Waals surface area contributed by atoms with E-state index in [2.05, 4.69) is 53.1 Å². The molecule has 1 saturated heterocycles. The molecule has 1 aliphatic heterocycles. The van der Waals surface area contributed by atoms with E-state index in [-0.39, 0.29) is 0 Å². The third-order valence-corrected chi connectivity index (χ3v) is 4.93. The number of benzene rings is 2. The van der Waals surface area contributed by atoms with Crippen LogP contribution in [0.5, 0.6) is 0 Å². The molecule has 1 atom stereocenters. The van der Waals surface area contributed by atoms with Gasteiger partial charge in [0, 0.05) is 24.7 Å². The molecule has 5 heteroatoms. The minimum atomic E-state index is 0.556. The van der Waals surface area contributed by atoms with Crippen molar-refractivity contribution in [3.63, 3.8) is 0 Å². The summed E-state index contributed by atoms with van der Waals surface area (Å²) in [5.41, 5.74) is 10.1. The van der Waals surface area contributed by atoms with Gasteiger partial charge in [-0.2, -0.15) is 0 Å². The molecule has 2 heterocycles. The number of rotatable bonds is 6. The molecule has 0 saturated carbocycles. The first-order valence-electron chi connectivity index (χ1n) is 9.23. The summed E-state index contributed by atoms with van der Waals surface area (Å²) in [4.78, 5) is 0. The van der Waals surface area contributed by atoms with E-state index < -0.39 is 0 Å². The maximum absolute atomic E-state index is 5.73. The summed E-state index contributed by atoms with van der Waals surface area (Å²) in [6.45, 7) is 3.70. The molecule has 5 nitrogen and oxygen atoms in total. The van der Waals surface area contributed by atoms with E-state index in [1.165, 1.54) is 6.42 Å². The van der Waals surface area contributed by atoms with Crippen molar-refractivity contribution in [2.45, 2.75) is 13.0 Å². The zero-order valence-corrected chi connectivity index (χ0v) is 14.9. The molecule has 4 N–H and O–H groups in total. The van der Waals surface area contributed by atoms with Crippen LogP contribution in [-0.2, 0) is 6.54 Å². The molecule has 0 spiro atoms. The number of aromatic nitrogens is 2. The van der Waals surface area contributed by atoms with Gasteiger partial charge in [0.15, 0.2) is 0 Å². The summed E-state index contributed by atoms with van der Waals surface area (Å²) in [7, 11) is 0. The van der Waals surface area contributed by atoms with Crippen molar-refractivity contribution in [3.8, 4) is 16.9 Å². The van der Waals surface area contributed by atoms with Crippen molar-refractivity contribution in [2.24, 2.45) is 11.7 Å². The molecular formula is C21H25N5. The highest BCUT2D eigenvalue weighted by Crippen LogP contribution is 2.26. The number of hydrogen-bond donors (Lipinski definition) is 3. The third-order valence-electron chi connectivity index (χ3n) is 4.93. The Morgan fingerprint density at radius 3 is 2.62 bits per heavy atom. The van der Waals surface area contributed by atoms with Crippen LogP contribution in [0.2, 0.25) is 0 Å². The van der Waals surface area contributed by atoms with Crippen LogP contribution >= 0.6 is 0 Å². The Balaban J connectivity index is 1.65. The standard InChI is InChI=1S/C21H25N5/c22-13-16-6-8-18(9-7-16)20-12-21(24-15-17-10-11-23-14-17)25-26(20)19-4-2-1-3-5-19/h1-9,12,17,23H,10-11,13-15,22H2,(H,24,25)/t17-/m1/s1. The highest BCUT2D eigenvalue weighted by molar-refractivity contribution is 5.66. The molecule has 0 amide bonds. The summed E-state index contributed by atoms with van der Waals surface area (Å²) >= 11 is 0. The fourth-order valence-corrected chi connectivity index (χ4v) is 3.39. The molecule has 2 aromatic carbocycles. The van der Waals surface area contributed by atoms with Gasteiger partial charge in [0.05, 0.1) is 11.4 Å². The van der Waals surface area contributed by atoms with Gasteiger partial charge in [-0.3, -0.25) is 0 Å². The highest BCUT2D eigenvalue weighted by atomic mass is 15.3. The van der Waals surface area contributed by atoms with Gasteiger partial charge in [-0.05, 0) is 43.1 Å².